The molecule has 1 atom stereocenters. The molecule has 1 aliphatic rings. The lowest BCUT2D eigenvalue weighted by Gasteiger charge is -2.30. The molecule has 0 heterocycles. The van der Waals surface area contributed by atoms with Crippen molar-refractivity contribution in [3.05, 3.63) is 35.9 Å². The van der Waals surface area contributed by atoms with Crippen LogP contribution in [0.5, 0.6) is 0 Å². The van der Waals surface area contributed by atoms with Gasteiger partial charge in [0.25, 0.3) is 0 Å². The first-order valence-electron chi connectivity index (χ1n) is 7.95. The zero-order valence-corrected chi connectivity index (χ0v) is 13.5. The van der Waals surface area contributed by atoms with Gasteiger partial charge in [0.15, 0.2) is 0 Å². The summed E-state index contributed by atoms with van der Waals surface area (Å²) in [5.41, 5.74) is 7.21. The molecule has 0 bridgehead atoms. The molecule has 0 spiro atoms. The molecule has 0 saturated heterocycles. The van der Waals surface area contributed by atoms with Crippen LogP contribution in [-0.2, 0) is 11.3 Å². The summed E-state index contributed by atoms with van der Waals surface area (Å²) >= 11 is 0. The van der Waals surface area contributed by atoms with Crippen molar-refractivity contribution in [1.29, 1.82) is 0 Å². The summed E-state index contributed by atoms with van der Waals surface area (Å²) in [6.45, 7) is 7.66. The largest absolute Gasteiger partial charge is 0.335 e. The Balaban J connectivity index is 2.08. The van der Waals surface area contributed by atoms with Crippen LogP contribution in [0.3, 0.4) is 0 Å². The fraction of sp³-hybridized carbons (Fsp3) is 0.611. The van der Waals surface area contributed by atoms with E-state index in [0.717, 1.165) is 19.3 Å². The van der Waals surface area contributed by atoms with Gasteiger partial charge in [0.05, 0.1) is 5.92 Å². The van der Waals surface area contributed by atoms with Crippen LogP contribution < -0.4 is 5.73 Å². The maximum atomic E-state index is 12.9. The molecule has 116 valence electrons. The molecule has 0 radical (unpaired) electrons. The average Bonchev–Trinajstić information content (AvgIpc) is 3.26. The molecule has 1 fully saturated rings. The molecule has 3 heteroatoms. The Bertz CT molecular complexity index is 460. The predicted octanol–water partition coefficient (Wildman–Crippen LogP) is 3.19. The molecule has 1 unspecified atom stereocenters. The SMILES string of the molecule is CC(C)(C)CC(CN)C(=O)N(Cc1ccccc1)C1CC1. The van der Waals surface area contributed by atoms with Crippen LogP contribution in [0.1, 0.15) is 45.6 Å². The van der Waals surface area contributed by atoms with Gasteiger partial charge in [-0.25, -0.2) is 0 Å². The molecule has 1 aromatic rings. The van der Waals surface area contributed by atoms with Gasteiger partial charge in [-0.15, -0.1) is 0 Å². The first-order chi connectivity index (χ1) is 9.90. The van der Waals surface area contributed by atoms with Crippen LogP contribution >= 0.6 is 0 Å². The van der Waals surface area contributed by atoms with Crippen molar-refractivity contribution in [2.24, 2.45) is 17.1 Å². The van der Waals surface area contributed by atoms with Crippen LogP contribution in [0.4, 0.5) is 0 Å². The summed E-state index contributed by atoms with van der Waals surface area (Å²) in [6, 6.07) is 10.7. The van der Waals surface area contributed by atoms with E-state index < -0.39 is 0 Å². The molecule has 1 aliphatic carbocycles. The molecule has 21 heavy (non-hydrogen) atoms. The third-order valence-electron chi connectivity index (χ3n) is 3.96. The number of carbonyl (C=O) groups excluding carboxylic acids is 1. The van der Waals surface area contributed by atoms with Crippen molar-refractivity contribution >= 4 is 5.91 Å². The van der Waals surface area contributed by atoms with Crippen molar-refractivity contribution < 1.29 is 4.79 Å². The summed E-state index contributed by atoms with van der Waals surface area (Å²) in [4.78, 5) is 14.9. The number of carbonyl (C=O) groups is 1. The van der Waals surface area contributed by atoms with E-state index >= 15 is 0 Å². The van der Waals surface area contributed by atoms with Gasteiger partial charge in [0.1, 0.15) is 0 Å². The van der Waals surface area contributed by atoms with Crippen LogP contribution in [0.25, 0.3) is 0 Å². The zero-order valence-electron chi connectivity index (χ0n) is 13.5. The maximum absolute atomic E-state index is 12.9. The topological polar surface area (TPSA) is 46.3 Å². The average molecular weight is 288 g/mol. The molecule has 2 N–H and O–H groups in total. The summed E-state index contributed by atoms with van der Waals surface area (Å²) in [6.07, 6.45) is 3.11. The Hall–Kier alpha value is -1.35. The van der Waals surface area contributed by atoms with Crippen LogP contribution in [-0.4, -0.2) is 23.4 Å². The Kier molecular flexibility index (Phi) is 5.04. The first kappa shape index (κ1) is 16.0. The van der Waals surface area contributed by atoms with Gasteiger partial charge in [-0.05, 0) is 30.2 Å². The Morgan fingerprint density at radius 1 is 1.29 bits per heavy atom. The summed E-state index contributed by atoms with van der Waals surface area (Å²) < 4.78 is 0. The highest BCUT2D eigenvalue weighted by Crippen LogP contribution is 2.32. The van der Waals surface area contributed by atoms with E-state index in [9.17, 15) is 4.79 Å². The van der Waals surface area contributed by atoms with Gasteiger partial charge >= 0.3 is 0 Å². The third-order valence-corrected chi connectivity index (χ3v) is 3.96. The lowest BCUT2D eigenvalue weighted by molar-refractivity contribution is -0.137. The highest BCUT2D eigenvalue weighted by Gasteiger charge is 2.36. The summed E-state index contributed by atoms with van der Waals surface area (Å²) in [5, 5.41) is 0. The fourth-order valence-corrected chi connectivity index (χ4v) is 2.80. The van der Waals surface area contributed by atoms with Crippen LogP contribution in [0.15, 0.2) is 30.3 Å². The van der Waals surface area contributed by atoms with E-state index in [0.29, 0.717) is 19.1 Å². The highest BCUT2D eigenvalue weighted by molar-refractivity contribution is 5.79. The zero-order chi connectivity index (χ0) is 15.5. The van der Waals surface area contributed by atoms with Crippen molar-refractivity contribution in [2.75, 3.05) is 6.54 Å². The van der Waals surface area contributed by atoms with Crippen molar-refractivity contribution in [3.8, 4) is 0 Å². The normalized spacial score (nSPS) is 16.6. The predicted molar refractivity (Wildman–Crippen MR) is 86.6 cm³/mol. The number of nitrogens with zero attached hydrogens (tertiary/aromatic N) is 1. The highest BCUT2D eigenvalue weighted by atomic mass is 16.2. The third kappa shape index (κ3) is 4.85. The minimum Gasteiger partial charge on any atom is -0.335 e. The second-order valence-corrected chi connectivity index (χ2v) is 7.38. The van der Waals surface area contributed by atoms with E-state index in [1.165, 1.54) is 5.56 Å². The van der Waals surface area contributed by atoms with Gasteiger partial charge in [0, 0.05) is 19.1 Å². The number of hydrogen-bond donors (Lipinski definition) is 1. The monoisotopic (exact) mass is 288 g/mol. The van der Waals surface area contributed by atoms with E-state index in [1.807, 2.05) is 18.2 Å². The minimum atomic E-state index is -0.0608. The van der Waals surface area contributed by atoms with E-state index in [-0.39, 0.29) is 17.2 Å². The minimum absolute atomic E-state index is 0.0608. The van der Waals surface area contributed by atoms with Gasteiger partial charge in [-0.1, -0.05) is 51.1 Å². The Morgan fingerprint density at radius 2 is 1.90 bits per heavy atom. The number of nitrogens with two attached hydrogens (primary N) is 1. The van der Waals surface area contributed by atoms with Crippen LogP contribution in [0.2, 0.25) is 0 Å². The van der Waals surface area contributed by atoms with Gasteiger partial charge in [-0.2, -0.15) is 0 Å². The van der Waals surface area contributed by atoms with Gasteiger partial charge in [-0.3, -0.25) is 4.79 Å². The van der Waals surface area contributed by atoms with E-state index in [1.54, 1.807) is 0 Å². The van der Waals surface area contributed by atoms with Crippen molar-refractivity contribution in [3.63, 3.8) is 0 Å². The first-order valence-corrected chi connectivity index (χ1v) is 7.95. The van der Waals surface area contributed by atoms with Crippen molar-refractivity contribution in [1.82, 2.24) is 4.90 Å². The van der Waals surface area contributed by atoms with Gasteiger partial charge in [0.2, 0.25) is 5.91 Å². The smallest absolute Gasteiger partial charge is 0.227 e. The second-order valence-electron chi connectivity index (χ2n) is 7.38. The molecule has 1 amide bonds. The Labute approximate surface area is 128 Å². The molecule has 0 aromatic heterocycles. The number of amides is 1. The second kappa shape index (κ2) is 6.61. The molecule has 1 saturated carbocycles. The van der Waals surface area contributed by atoms with Crippen LogP contribution in [0, 0.1) is 11.3 Å². The number of benzene rings is 1. The number of rotatable bonds is 6. The summed E-state index contributed by atoms with van der Waals surface area (Å²) in [5.74, 6) is 0.174. The lowest BCUT2D eigenvalue weighted by atomic mass is 9.84. The molecule has 0 aliphatic heterocycles. The molecular weight excluding hydrogens is 260 g/mol. The van der Waals surface area contributed by atoms with Gasteiger partial charge < -0.3 is 10.6 Å². The van der Waals surface area contributed by atoms with E-state index in [4.69, 9.17) is 5.73 Å². The fourth-order valence-electron chi connectivity index (χ4n) is 2.80. The molecule has 1 aromatic carbocycles. The quantitative estimate of drug-likeness (QED) is 0.874. The van der Waals surface area contributed by atoms with E-state index in [2.05, 4.69) is 37.8 Å². The molecule has 3 nitrogen and oxygen atoms in total. The maximum Gasteiger partial charge on any atom is 0.227 e. The number of hydrogen-bond acceptors (Lipinski definition) is 2. The Morgan fingerprint density at radius 3 is 2.38 bits per heavy atom. The molecule has 2 rings (SSSR count). The standard InChI is InChI=1S/C18H28N2O/c1-18(2,3)11-15(12-19)17(21)20(16-9-10-16)13-14-7-5-4-6-8-14/h4-8,15-16H,9-13,19H2,1-3H3. The molecular formula is C18H28N2O. The summed E-state index contributed by atoms with van der Waals surface area (Å²) in [7, 11) is 0. The van der Waals surface area contributed by atoms with Crippen molar-refractivity contribution in [2.45, 2.75) is 52.6 Å². The lowest BCUT2D eigenvalue weighted by Crippen LogP contribution is -2.41.